The Balaban J connectivity index is 1.60. The van der Waals surface area contributed by atoms with Gasteiger partial charge in [-0.05, 0) is 37.1 Å². The van der Waals surface area contributed by atoms with Gasteiger partial charge in [0.15, 0.2) is 18.1 Å². The summed E-state index contributed by atoms with van der Waals surface area (Å²) in [6.07, 6.45) is -1.00. The normalized spacial score (nSPS) is 14.9. The van der Waals surface area contributed by atoms with Crippen LogP contribution in [0.5, 0.6) is 11.5 Å². The Morgan fingerprint density at radius 3 is 2.64 bits per heavy atom. The molecule has 3 rings (SSSR count). The monoisotopic (exact) mass is 386 g/mol. The average Bonchev–Trinajstić information content (AvgIpc) is 2.69. The van der Waals surface area contributed by atoms with E-state index in [1.54, 1.807) is 44.2 Å². The predicted molar refractivity (Wildman–Crippen MR) is 98.5 cm³/mol. The van der Waals surface area contributed by atoms with Crippen LogP contribution in [0.2, 0.25) is 0 Å². The maximum absolute atomic E-state index is 12.2. The highest BCUT2D eigenvalue weighted by Crippen LogP contribution is 2.31. The van der Waals surface area contributed by atoms with Gasteiger partial charge in [0.1, 0.15) is 12.3 Å². The largest absolute Gasteiger partial charge is 0.485 e. The Bertz CT molecular complexity index is 942. The first kappa shape index (κ1) is 19.2. The van der Waals surface area contributed by atoms with Crippen LogP contribution in [-0.2, 0) is 14.3 Å². The number of carbonyl (C=O) groups excluding carboxylic acids is 2. The summed E-state index contributed by atoms with van der Waals surface area (Å²) in [7, 11) is 0. The summed E-state index contributed by atoms with van der Waals surface area (Å²) in [5.41, 5.74) is 1.19. The summed E-state index contributed by atoms with van der Waals surface area (Å²) in [6, 6.07) is 9.79. The fraction of sp³-hybridized carbons (Fsp3) is 0.263. The number of hydrogen-bond donors (Lipinski definition) is 1. The average molecular weight is 386 g/mol. The second-order valence-corrected chi connectivity index (χ2v) is 6.18. The second-order valence-electron chi connectivity index (χ2n) is 6.18. The number of ether oxygens (including phenoxy) is 3. The van der Waals surface area contributed by atoms with Crippen LogP contribution >= 0.6 is 0 Å². The zero-order chi connectivity index (χ0) is 20.3. The second kappa shape index (κ2) is 7.95. The van der Waals surface area contributed by atoms with E-state index in [9.17, 15) is 19.7 Å². The van der Waals surface area contributed by atoms with Crippen molar-refractivity contribution in [1.29, 1.82) is 0 Å². The van der Waals surface area contributed by atoms with Crippen LogP contribution in [0.3, 0.4) is 0 Å². The molecule has 1 aliphatic rings. The number of para-hydroxylation sites is 2. The number of nitro benzene ring substituents is 1. The number of esters is 1. The van der Waals surface area contributed by atoms with Gasteiger partial charge >= 0.3 is 5.97 Å². The summed E-state index contributed by atoms with van der Waals surface area (Å²) in [5.74, 6) is -0.528. The molecule has 2 aromatic rings. The first-order chi connectivity index (χ1) is 13.4. The lowest BCUT2D eigenvalue weighted by Crippen LogP contribution is -2.39. The van der Waals surface area contributed by atoms with E-state index < -0.39 is 29.5 Å². The van der Waals surface area contributed by atoms with Crippen LogP contribution in [0.1, 0.15) is 11.1 Å². The molecule has 1 aliphatic heterocycles. The maximum atomic E-state index is 12.2. The van der Waals surface area contributed by atoms with Crippen molar-refractivity contribution in [3.63, 3.8) is 0 Å². The molecular formula is C19H18N2O7. The number of hydrogen-bond acceptors (Lipinski definition) is 7. The Morgan fingerprint density at radius 2 is 1.93 bits per heavy atom. The SMILES string of the molecule is Cc1ccc([N+](=O)[O-])c(NC(=O)COC(=O)[C@H]2COc3ccccc3O2)c1C. The number of nitrogens with zero attached hydrogens (tertiary/aromatic N) is 1. The van der Waals surface area contributed by atoms with E-state index in [0.29, 0.717) is 17.1 Å². The van der Waals surface area contributed by atoms with E-state index in [1.165, 1.54) is 6.07 Å². The van der Waals surface area contributed by atoms with Crippen molar-refractivity contribution in [2.75, 3.05) is 18.5 Å². The number of fused-ring (bicyclic) bond motifs is 1. The molecule has 0 radical (unpaired) electrons. The minimum absolute atomic E-state index is 0.0417. The van der Waals surface area contributed by atoms with Crippen molar-refractivity contribution >= 4 is 23.3 Å². The minimum Gasteiger partial charge on any atom is -0.485 e. The number of nitro groups is 1. The number of anilines is 1. The molecule has 0 fully saturated rings. The summed E-state index contributed by atoms with van der Waals surface area (Å²) < 4.78 is 15.9. The van der Waals surface area contributed by atoms with Crippen LogP contribution in [0, 0.1) is 24.0 Å². The maximum Gasteiger partial charge on any atom is 0.351 e. The zero-order valence-corrected chi connectivity index (χ0v) is 15.3. The molecule has 9 nitrogen and oxygen atoms in total. The molecule has 1 N–H and O–H groups in total. The topological polar surface area (TPSA) is 117 Å². The molecule has 0 aliphatic carbocycles. The molecule has 1 heterocycles. The van der Waals surface area contributed by atoms with Crippen molar-refractivity contribution in [3.05, 3.63) is 57.6 Å². The van der Waals surface area contributed by atoms with E-state index in [2.05, 4.69) is 5.32 Å². The van der Waals surface area contributed by atoms with Crippen molar-refractivity contribution in [3.8, 4) is 11.5 Å². The van der Waals surface area contributed by atoms with Gasteiger partial charge in [0.05, 0.1) is 4.92 Å². The van der Waals surface area contributed by atoms with Crippen LogP contribution in [0.15, 0.2) is 36.4 Å². The van der Waals surface area contributed by atoms with Crippen molar-refractivity contribution in [1.82, 2.24) is 0 Å². The van der Waals surface area contributed by atoms with Gasteiger partial charge in [0.25, 0.3) is 11.6 Å². The van der Waals surface area contributed by atoms with E-state index >= 15 is 0 Å². The predicted octanol–water partition coefficient (Wildman–Crippen LogP) is 2.53. The van der Waals surface area contributed by atoms with Crippen LogP contribution in [0.4, 0.5) is 11.4 Å². The lowest BCUT2D eigenvalue weighted by atomic mass is 10.1. The summed E-state index contributed by atoms with van der Waals surface area (Å²) in [5, 5.41) is 13.6. The Kier molecular flexibility index (Phi) is 5.44. The lowest BCUT2D eigenvalue weighted by Gasteiger charge is -2.24. The summed E-state index contributed by atoms with van der Waals surface area (Å²) in [4.78, 5) is 34.9. The van der Waals surface area contributed by atoms with Gasteiger partial charge in [-0.1, -0.05) is 18.2 Å². The highest BCUT2D eigenvalue weighted by atomic mass is 16.6. The van der Waals surface area contributed by atoms with Crippen LogP contribution in [-0.4, -0.2) is 36.1 Å². The molecule has 0 bridgehead atoms. The van der Waals surface area contributed by atoms with Gasteiger partial charge in [-0.25, -0.2) is 4.79 Å². The van der Waals surface area contributed by atoms with Crippen LogP contribution in [0.25, 0.3) is 0 Å². The van der Waals surface area contributed by atoms with Gasteiger partial charge < -0.3 is 19.5 Å². The molecule has 0 unspecified atom stereocenters. The first-order valence-corrected chi connectivity index (χ1v) is 8.46. The summed E-state index contributed by atoms with van der Waals surface area (Å²) in [6.45, 7) is 2.78. The number of benzene rings is 2. The standard InChI is InChI=1S/C19H18N2O7/c1-11-7-8-13(21(24)25)18(12(11)2)20-17(22)10-27-19(23)16-9-26-14-5-3-4-6-15(14)28-16/h3-8,16H,9-10H2,1-2H3,(H,20,22)/t16-/m1/s1. The quantitative estimate of drug-likeness (QED) is 0.477. The molecule has 146 valence electrons. The molecule has 2 aromatic carbocycles. The summed E-state index contributed by atoms with van der Waals surface area (Å²) >= 11 is 0. The van der Waals surface area contributed by atoms with Gasteiger partial charge in [-0.2, -0.15) is 0 Å². The molecule has 1 amide bonds. The highest BCUT2D eigenvalue weighted by Gasteiger charge is 2.29. The van der Waals surface area contributed by atoms with Crippen molar-refractivity contribution in [2.45, 2.75) is 20.0 Å². The number of aryl methyl sites for hydroxylation is 1. The molecular weight excluding hydrogens is 368 g/mol. The van der Waals surface area contributed by atoms with E-state index in [1.807, 2.05) is 0 Å². The van der Waals surface area contributed by atoms with Crippen molar-refractivity contribution < 1.29 is 28.7 Å². The molecule has 0 aromatic heterocycles. The molecule has 28 heavy (non-hydrogen) atoms. The van der Waals surface area contributed by atoms with Crippen molar-refractivity contribution in [2.24, 2.45) is 0 Å². The van der Waals surface area contributed by atoms with E-state index in [-0.39, 0.29) is 18.0 Å². The first-order valence-electron chi connectivity index (χ1n) is 8.46. The van der Waals surface area contributed by atoms with E-state index in [4.69, 9.17) is 14.2 Å². The Morgan fingerprint density at radius 1 is 1.21 bits per heavy atom. The number of carbonyl (C=O) groups is 2. The molecule has 0 spiro atoms. The third-order valence-corrected chi connectivity index (χ3v) is 4.29. The number of amides is 1. The zero-order valence-electron chi connectivity index (χ0n) is 15.3. The highest BCUT2D eigenvalue weighted by molar-refractivity contribution is 5.96. The Labute approximate surface area is 160 Å². The Hall–Kier alpha value is -3.62. The van der Waals surface area contributed by atoms with Gasteiger partial charge in [-0.15, -0.1) is 0 Å². The fourth-order valence-electron chi connectivity index (χ4n) is 2.65. The smallest absolute Gasteiger partial charge is 0.351 e. The third-order valence-electron chi connectivity index (χ3n) is 4.29. The van der Waals surface area contributed by atoms with Gasteiger partial charge in [0.2, 0.25) is 6.10 Å². The van der Waals surface area contributed by atoms with E-state index in [0.717, 1.165) is 5.56 Å². The third kappa shape index (κ3) is 4.03. The number of rotatable bonds is 5. The minimum atomic E-state index is -1.00. The molecule has 0 saturated heterocycles. The lowest BCUT2D eigenvalue weighted by molar-refractivity contribution is -0.384. The van der Waals surface area contributed by atoms with Gasteiger partial charge in [-0.3, -0.25) is 14.9 Å². The molecule has 0 saturated carbocycles. The molecule has 9 heteroatoms. The fourth-order valence-corrected chi connectivity index (χ4v) is 2.65. The molecule has 1 atom stereocenters. The van der Waals surface area contributed by atoms with Gasteiger partial charge in [0, 0.05) is 6.07 Å². The van der Waals surface area contributed by atoms with Crippen LogP contribution < -0.4 is 14.8 Å². The number of nitrogens with one attached hydrogen (secondary N) is 1.